The highest BCUT2D eigenvalue weighted by Crippen LogP contribution is 2.44. The van der Waals surface area contributed by atoms with E-state index in [0.717, 1.165) is 21.6 Å². The number of carbonyl (C=O) groups is 2. The molecule has 3 aromatic carbocycles. The van der Waals surface area contributed by atoms with Gasteiger partial charge in [0.05, 0.1) is 17.7 Å². The number of esters is 2. The Bertz CT molecular complexity index is 1620. The summed E-state index contributed by atoms with van der Waals surface area (Å²) in [5.41, 5.74) is 3.23. The van der Waals surface area contributed by atoms with Crippen molar-refractivity contribution in [1.29, 1.82) is 0 Å². The average Bonchev–Trinajstić information content (AvgIpc) is 3.03. The van der Waals surface area contributed by atoms with Crippen molar-refractivity contribution in [2.45, 2.75) is 133 Å². The zero-order valence-corrected chi connectivity index (χ0v) is 35.6. The van der Waals surface area contributed by atoms with Gasteiger partial charge in [0.1, 0.15) is 17.6 Å². The first-order valence-corrected chi connectivity index (χ1v) is 24.5. The molecule has 10 heteroatoms. The van der Waals surface area contributed by atoms with Gasteiger partial charge in [0, 0.05) is 4.90 Å². The molecule has 0 N–H and O–H groups in total. The molecule has 1 saturated heterocycles. The monoisotopic (exact) mass is 750 g/mol. The Labute approximate surface area is 312 Å². The van der Waals surface area contributed by atoms with Crippen LogP contribution in [0.25, 0.3) is 0 Å². The SMILES string of the molecule is Cc1ccc(S[C@@H]2O[C@H](CO[Si](C)(C)C(C)(C)C)[C@H](O[Si](C)(C)C(C)(C)C)[C@H](OC(=O)c3ccc(C)cc3)[C@H]2OC(=O)c2ccc(C)cc2)cc1. The highest BCUT2D eigenvalue weighted by molar-refractivity contribution is 7.99. The number of thioether (sulfide) groups is 1. The highest BCUT2D eigenvalue weighted by Gasteiger charge is 2.55. The Hall–Kier alpha value is -2.74. The molecule has 1 fully saturated rings. The summed E-state index contributed by atoms with van der Waals surface area (Å²) in [7, 11) is -4.77. The van der Waals surface area contributed by atoms with Crippen molar-refractivity contribution in [2.24, 2.45) is 0 Å². The van der Waals surface area contributed by atoms with Crippen LogP contribution in [0.2, 0.25) is 36.3 Å². The van der Waals surface area contributed by atoms with Crippen LogP contribution in [0.5, 0.6) is 0 Å². The summed E-state index contributed by atoms with van der Waals surface area (Å²) >= 11 is 1.44. The Morgan fingerprint density at radius 3 is 1.47 bits per heavy atom. The van der Waals surface area contributed by atoms with E-state index in [1.807, 2.05) is 69.3 Å². The van der Waals surface area contributed by atoms with Crippen LogP contribution in [0.3, 0.4) is 0 Å². The summed E-state index contributed by atoms with van der Waals surface area (Å²) < 4.78 is 33.9. The van der Waals surface area contributed by atoms with Crippen molar-refractivity contribution >= 4 is 40.3 Å². The van der Waals surface area contributed by atoms with Crippen molar-refractivity contribution in [3.8, 4) is 0 Å². The molecule has 0 spiro atoms. The Kier molecular flexibility index (Phi) is 13.0. The summed E-state index contributed by atoms with van der Waals surface area (Å²) in [5.74, 6) is -1.05. The van der Waals surface area contributed by atoms with Crippen LogP contribution in [-0.2, 0) is 23.1 Å². The van der Waals surface area contributed by atoms with Gasteiger partial charge < -0.3 is 23.1 Å². The molecule has 5 atom stereocenters. The summed E-state index contributed by atoms with van der Waals surface area (Å²) in [6, 6.07) is 22.6. The molecule has 1 heterocycles. The smallest absolute Gasteiger partial charge is 0.338 e. The fourth-order valence-electron chi connectivity index (χ4n) is 5.05. The lowest BCUT2D eigenvalue weighted by Crippen LogP contribution is -2.64. The van der Waals surface area contributed by atoms with Crippen LogP contribution in [0.15, 0.2) is 77.7 Å². The summed E-state index contributed by atoms with van der Waals surface area (Å²) in [6.07, 6.45) is -3.43. The molecule has 51 heavy (non-hydrogen) atoms. The summed E-state index contributed by atoms with van der Waals surface area (Å²) in [4.78, 5) is 28.9. The van der Waals surface area contributed by atoms with E-state index in [4.69, 9.17) is 23.1 Å². The van der Waals surface area contributed by atoms with Gasteiger partial charge in [0.25, 0.3) is 0 Å². The van der Waals surface area contributed by atoms with E-state index in [2.05, 4.69) is 67.7 Å². The molecule has 0 aromatic heterocycles. The van der Waals surface area contributed by atoms with E-state index in [9.17, 15) is 9.59 Å². The van der Waals surface area contributed by atoms with Crippen molar-refractivity contribution in [3.05, 3.63) is 101 Å². The number of hydrogen-bond donors (Lipinski definition) is 0. The third-order valence-electron chi connectivity index (χ3n) is 10.6. The molecule has 3 aromatic rings. The Morgan fingerprint density at radius 2 is 1.04 bits per heavy atom. The van der Waals surface area contributed by atoms with Crippen molar-refractivity contribution in [3.63, 3.8) is 0 Å². The molecule has 1 aliphatic rings. The van der Waals surface area contributed by atoms with Gasteiger partial charge in [-0.25, -0.2) is 9.59 Å². The van der Waals surface area contributed by atoms with Gasteiger partial charge >= 0.3 is 11.9 Å². The number of rotatable bonds is 11. The molecule has 4 rings (SSSR count). The van der Waals surface area contributed by atoms with Crippen LogP contribution < -0.4 is 0 Å². The fourth-order valence-corrected chi connectivity index (χ4v) is 8.48. The van der Waals surface area contributed by atoms with Crippen LogP contribution in [0.1, 0.15) is 78.9 Å². The maximum absolute atomic E-state index is 14.0. The minimum Gasteiger partial charge on any atom is -0.452 e. The van der Waals surface area contributed by atoms with Gasteiger partial charge in [0.15, 0.2) is 28.8 Å². The minimum absolute atomic E-state index is 0.0447. The number of carbonyl (C=O) groups excluding carboxylic acids is 2. The quantitative estimate of drug-likeness (QED) is 0.142. The predicted molar refractivity (Wildman–Crippen MR) is 212 cm³/mol. The molecule has 0 amide bonds. The lowest BCUT2D eigenvalue weighted by molar-refractivity contribution is -0.201. The maximum atomic E-state index is 14.0. The first-order chi connectivity index (χ1) is 23.6. The molecule has 0 aliphatic carbocycles. The zero-order valence-electron chi connectivity index (χ0n) is 32.8. The normalized spacial score (nSPS) is 21.6. The van der Waals surface area contributed by atoms with E-state index in [1.165, 1.54) is 11.8 Å². The molecule has 1 aliphatic heterocycles. The van der Waals surface area contributed by atoms with Gasteiger partial charge in [-0.15, -0.1) is 0 Å². The highest BCUT2D eigenvalue weighted by atomic mass is 32.2. The Balaban J connectivity index is 1.87. The second-order valence-corrected chi connectivity index (χ2v) is 27.6. The third-order valence-corrected chi connectivity index (χ3v) is 20.7. The van der Waals surface area contributed by atoms with Gasteiger partial charge in [-0.1, -0.05) is 106 Å². The van der Waals surface area contributed by atoms with Crippen molar-refractivity contribution < 1.29 is 32.7 Å². The van der Waals surface area contributed by atoms with Crippen molar-refractivity contribution in [1.82, 2.24) is 0 Å². The predicted octanol–water partition coefficient (Wildman–Crippen LogP) is 10.3. The van der Waals surface area contributed by atoms with Crippen LogP contribution in [0, 0.1) is 20.8 Å². The minimum atomic E-state index is -2.53. The molecule has 0 bridgehead atoms. The van der Waals surface area contributed by atoms with Gasteiger partial charge in [0.2, 0.25) is 0 Å². The van der Waals surface area contributed by atoms with Gasteiger partial charge in [-0.3, -0.25) is 0 Å². The van der Waals surface area contributed by atoms with E-state index < -0.39 is 58.4 Å². The second-order valence-electron chi connectivity index (χ2n) is 16.9. The number of aryl methyl sites for hydroxylation is 3. The van der Waals surface area contributed by atoms with Gasteiger partial charge in [-0.05, 0) is 93.4 Å². The topological polar surface area (TPSA) is 80.3 Å². The first kappa shape index (κ1) is 41.0. The number of hydrogen-bond acceptors (Lipinski definition) is 8. The van der Waals surface area contributed by atoms with Crippen LogP contribution in [0.4, 0.5) is 0 Å². The lowest BCUT2D eigenvalue weighted by atomic mass is 9.99. The lowest BCUT2D eigenvalue weighted by Gasteiger charge is -2.50. The molecule has 0 unspecified atom stereocenters. The van der Waals surface area contributed by atoms with Crippen molar-refractivity contribution in [2.75, 3.05) is 6.61 Å². The molecule has 7 nitrogen and oxygen atoms in total. The standard InChI is InChI=1S/C41H58O7SSi2/c1-27-14-20-30(21-15-27)37(42)46-35-34(48-51(12,13)41(7,8)9)33(26-44-50(10,11)40(4,5)6)45-39(49-32-24-18-29(3)19-25-32)36(35)47-38(43)31-22-16-28(2)17-23-31/h14-25,33-36,39H,26H2,1-13H3/t33-,34+,35+,36-,39+/m1/s1. The number of ether oxygens (including phenoxy) is 3. The molecule has 0 saturated carbocycles. The first-order valence-electron chi connectivity index (χ1n) is 17.8. The third kappa shape index (κ3) is 10.4. The molecular weight excluding hydrogens is 693 g/mol. The molecular formula is C41H58O7SSi2. The Morgan fingerprint density at radius 1 is 0.627 bits per heavy atom. The molecule has 0 radical (unpaired) electrons. The fraction of sp³-hybridized carbons (Fsp3) is 0.512. The van der Waals surface area contributed by atoms with Gasteiger partial charge in [-0.2, -0.15) is 0 Å². The summed E-state index contributed by atoms with van der Waals surface area (Å²) in [5, 5.41) is -0.220. The average molecular weight is 751 g/mol. The van der Waals surface area contributed by atoms with E-state index in [-0.39, 0.29) is 16.7 Å². The maximum Gasteiger partial charge on any atom is 0.338 e. The number of benzene rings is 3. The second kappa shape index (κ2) is 16.1. The van der Waals surface area contributed by atoms with E-state index in [1.54, 1.807) is 24.3 Å². The van der Waals surface area contributed by atoms with E-state index >= 15 is 0 Å². The zero-order chi connectivity index (χ0) is 37.9. The van der Waals surface area contributed by atoms with Crippen LogP contribution >= 0.6 is 11.8 Å². The van der Waals surface area contributed by atoms with E-state index in [0.29, 0.717) is 11.1 Å². The summed E-state index contributed by atoms with van der Waals surface area (Å²) in [6.45, 7) is 28.1. The van der Waals surface area contributed by atoms with Crippen LogP contribution in [-0.4, -0.2) is 65.0 Å². The largest absolute Gasteiger partial charge is 0.452 e. The molecule has 278 valence electrons.